The fraction of sp³-hybridized carbons (Fsp3) is 0.250. The monoisotopic (exact) mass is 269 g/mol. The number of amides is 1. The molecule has 1 aromatic carbocycles. The van der Waals surface area contributed by atoms with Crippen LogP contribution in [0.4, 0.5) is 0 Å². The molecule has 1 unspecified atom stereocenters. The molecule has 0 spiro atoms. The number of rotatable bonds is 6. The summed E-state index contributed by atoms with van der Waals surface area (Å²) in [6.07, 6.45) is 5.16. The van der Waals surface area contributed by atoms with Gasteiger partial charge < -0.3 is 0 Å². The lowest BCUT2D eigenvalue weighted by molar-refractivity contribution is 0.0925. The summed E-state index contributed by atoms with van der Waals surface area (Å²) in [5.74, 6) is -0.140. The van der Waals surface area contributed by atoms with Gasteiger partial charge in [-0.3, -0.25) is 15.2 Å². The fourth-order valence-corrected chi connectivity index (χ4v) is 1.86. The minimum atomic E-state index is -0.140. The lowest BCUT2D eigenvalue weighted by Gasteiger charge is -2.14. The maximum Gasteiger partial charge on any atom is 0.265 e. The van der Waals surface area contributed by atoms with Crippen LogP contribution in [0, 0.1) is 0 Å². The topological polar surface area (TPSA) is 54.0 Å². The van der Waals surface area contributed by atoms with E-state index >= 15 is 0 Å². The summed E-state index contributed by atoms with van der Waals surface area (Å²) in [6.45, 7) is 2.05. The van der Waals surface area contributed by atoms with E-state index in [4.69, 9.17) is 0 Å². The molecule has 0 saturated heterocycles. The summed E-state index contributed by atoms with van der Waals surface area (Å²) >= 11 is 0. The molecule has 2 rings (SSSR count). The number of aryl methyl sites for hydroxylation is 1. The highest BCUT2D eigenvalue weighted by atomic mass is 16.2. The molecule has 4 heteroatoms. The van der Waals surface area contributed by atoms with Crippen LogP contribution < -0.4 is 10.9 Å². The van der Waals surface area contributed by atoms with Crippen LogP contribution in [0.25, 0.3) is 0 Å². The largest absolute Gasteiger partial charge is 0.287 e. The average molecular weight is 269 g/mol. The molecule has 2 N–H and O–H groups in total. The number of nitrogens with zero attached hydrogens (tertiary/aromatic N) is 1. The number of hydrogen-bond acceptors (Lipinski definition) is 3. The van der Waals surface area contributed by atoms with E-state index in [-0.39, 0.29) is 11.9 Å². The quantitative estimate of drug-likeness (QED) is 0.791. The van der Waals surface area contributed by atoms with Gasteiger partial charge in [-0.2, -0.15) is 0 Å². The molecule has 4 nitrogen and oxygen atoms in total. The molecular weight excluding hydrogens is 250 g/mol. The molecular formula is C16H19N3O. The van der Waals surface area contributed by atoms with E-state index in [1.54, 1.807) is 24.5 Å². The zero-order valence-electron chi connectivity index (χ0n) is 11.5. The molecule has 0 aliphatic carbocycles. The van der Waals surface area contributed by atoms with Gasteiger partial charge in [0.25, 0.3) is 5.91 Å². The van der Waals surface area contributed by atoms with Crippen molar-refractivity contribution in [1.29, 1.82) is 0 Å². The van der Waals surface area contributed by atoms with Gasteiger partial charge in [0.15, 0.2) is 0 Å². The van der Waals surface area contributed by atoms with Gasteiger partial charge in [0, 0.05) is 24.0 Å². The second kappa shape index (κ2) is 7.40. The molecule has 2 aromatic rings. The minimum Gasteiger partial charge on any atom is -0.287 e. The van der Waals surface area contributed by atoms with Crippen molar-refractivity contribution in [2.45, 2.75) is 25.8 Å². The first kappa shape index (κ1) is 14.2. The Kier molecular flexibility index (Phi) is 5.26. The maximum atomic E-state index is 11.8. The van der Waals surface area contributed by atoms with Crippen molar-refractivity contribution in [2.24, 2.45) is 0 Å². The van der Waals surface area contributed by atoms with E-state index in [2.05, 4.69) is 34.9 Å². The van der Waals surface area contributed by atoms with Crippen LogP contribution >= 0.6 is 0 Å². The van der Waals surface area contributed by atoms with Gasteiger partial charge in [0.2, 0.25) is 0 Å². The van der Waals surface area contributed by atoms with Crippen molar-refractivity contribution < 1.29 is 4.79 Å². The summed E-state index contributed by atoms with van der Waals surface area (Å²) in [7, 11) is 0. The van der Waals surface area contributed by atoms with Gasteiger partial charge in [0.05, 0.1) is 0 Å². The zero-order chi connectivity index (χ0) is 14.2. The predicted molar refractivity (Wildman–Crippen MR) is 79.1 cm³/mol. The molecule has 1 aromatic heterocycles. The zero-order valence-corrected chi connectivity index (χ0v) is 11.5. The van der Waals surface area contributed by atoms with Gasteiger partial charge in [-0.25, -0.2) is 5.43 Å². The van der Waals surface area contributed by atoms with Gasteiger partial charge >= 0.3 is 0 Å². The summed E-state index contributed by atoms with van der Waals surface area (Å²) in [4.78, 5) is 15.7. The van der Waals surface area contributed by atoms with Crippen LogP contribution in [0.3, 0.4) is 0 Å². The summed E-state index contributed by atoms with van der Waals surface area (Å²) in [5, 5.41) is 0. The number of benzene rings is 1. The third-order valence-corrected chi connectivity index (χ3v) is 3.08. The Hall–Kier alpha value is -2.20. The SMILES string of the molecule is CC(CCc1ccccc1)NNC(=O)c1ccncc1. The van der Waals surface area contributed by atoms with Crippen LogP contribution in [0.5, 0.6) is 0 Å². The van der Waals surface area contributed by atoms with E-state index < -0.39 is 0 Å². The number of carbonyl (C=O) groups is 1. The Morgan fingerprint density at radius 3 is 2.55 bits per heavy atom. The van der Waals surface area contributed by atoms with Crippen molar-refractivity contribution in [3.05, 3.63) is 66.0 Å². The van der Waals surface area contributed by atoms with Crippen LogP contribution in [-0.4, -0.2) is 16.9 Å². The van der Waals surface area contributed by atoms with Crippen molar-refractivity contribution in [3.8, 4) is 0 Å². The van der Waals surface area contributed by atoms with Crippen LogP contribution in [0.1, 0.15) is 29.3 Å². The Labute approximate surface area is 119 Å². The number of pyridine rings is 1. The lowest BCUT2D eigenvalue weighted by atomic mass is 10.1. The van der Waals surface area contributed by atoms with Crippen LogP contribution in [0.15, 0.2) is 54.9 Å². The highest BCUT2D eigenvalue weighted by Gasteiger charge is 2.06. The standard InChI is InChI=1S/C16H19N3O/c1-13(7-8-14-5-3-2-4-6-14)18-19-16(20)15-9-11-17-12-10-15/h2-6,9-13,18H,7-8H2,1H3,(H,19,20). The maximum absolute atomic E-state index is 11.8. The number of aromatic nitrogens is 1. The van der Waals surface area contributed by atoms with E-state index in [0.29, 0.717) is 5.56 Å². The normalized spacial score (nSPS) is 11.8. The number of nitrogens with one attached hydrogen (secondary N) is 2. The summed E-state index contributed by atoms with van der Waals surface area (Å²) in [6, 6.07) is 13.9. The molecule has 0 bridgehead atoms. The average Bonchev–Trinajstić information content (AvgIpc) is 2.52. The molecule has 0 aliphatic rings. The highest BCUT2D eigenvalue weighted by Crippen LogP contribution is 2.04. The molecule has 0 fully saturated rings. The van der Waals surface area contributed by atoms with Crippen molar-refractivity contribution in [3.63, 3.8) is 0 Å². The van der Waals surface area contributed by atoms with Gasteiger partial charge in [-0.1, -0.05) is 30.3 Å². The van der Waals surface area contributed by atoms with E-state index in [1.165, 1.54) is 5.56 Å². The number of hydrazine groups is 1. The predicted octanol–water partition coefficient (Wildman–Crippen LogP) is 2.34. The Balaban J connectivity index is 1.73. The minimum absolute atomic E-state index is 0.140. The second-order valence-electron chi connectivity index (χ2n) is 4.76. The Bertz CT molecular complexity index is 528. The first-order valence-electron chi connectivity index (χ1n) is 6.75. The Morgan fingerprint density at radius 2 is 1.85 bits per heavy atom. The van der Waals surface area contributed by atoms with Crippen molar-refractivity contribution in [2.75, 3.05) is 0 Å². The Morgan fingerprint density at radius 1 is 1.15 bits per heavy atom. The molecule has 20 heavy (non-hydrogen) atoms. The lowest BCUT2D eigenvalue weighted by Crippen LogP contribution is -2.43. The smallest absolute Gasteiger partial charge is 0.265 e. The van der Waals surface area contributed by atoms with Gasteiger partial charge in [0.1, 0.15) is 0 Å². The van der Waals surface area contributed by atoms with Crippen molar-refractivity contribution >= 4 is 5.91 Å². The summed E-state index contributed by atoms with van der Waals surface area (Å²) < 4.78 is 0. The molecule has 1 heterocycles. The fourth-order valence-electron chi connectivity index (χ4n) is 1.86. The van der Waals surface area contributed by atoms with Gasteiger partial charge in [-0.15, -0.1) is 0 Å². The number of hydrogen-bond donors (Lipinski definition) is 2. The molecule has 0 radical (unpaired) electrons. The van der Waals surface area contributed by atoms with Crippen molar-refractivity contribution in [1.82, 2.24) is 15.8 Å². The molecule has 1 amide bonds. The van der Waals surface area contributed by atoms with E-state index in [9.17, 15) is 4.79 Å². The van der Waals surface area contributed by atoms with Gasteiger partial charge in [-0.05, 0) is 37.5 Å². The number of carbonyl (C=O) groups excluding carboxylic acids is 1. The molecule has 0 aliphatic heterocycles. The molecule has 104 valence electrons. The first-order valence-corrected chi connectivity index (χ1v) is 6.75. The third-order valence-electron chi connectivity index (χ3n) is 3.08. The first-order chi connectivity index (χ1) is 9.75. The van der Waals surface area contributed by atoms with Crippen LogP contribution in [-0.2, 0) is 6.42 Å². The van der Waals surface area contributed by atoms with E-state index in [0.717, 1.165) is 12.8 Å². The highest BCUT2D eigenvalue weighted by molar-refractivity contribution is 5.93. The van der Waals surface area contributed by atoms with E-state index in [1.807, 2.05) is 18.2 Å². The molecule has 0 saturated carbocycles. The van der Waals surface area contributed by atoms with Crippen LogP contribution in [0.2, 0.25) is 0 Å². The summed E-state index contributed by atoms with van der Waals surface area (Å²) in [5.41, 5.74) is 7.66. The third kappa shape index (κ3) is 4.48. The molecule has 1 atom stereocenters. The second-order valence-corrected chi connectivity index (χ2v) is 4.76.